The van der Waals surface area contributed by atoms with Gasteiger partial charge in [-0.05, 0) is 46.4 Å². The predicted octanol–water partition coefficient (Wildman–Crippen LogP) is 3.10. The molecule has 1 aromatic heterocycles. The van der Waals surface area contributed by atoms with Gasteiger partial charge < -0.3 is 15.7 Å². The van der Waals surface area contributed by atoms with E-state index >= 15 is 0 Å². The van der Waals surface area contributed by atoms with Gasteiger partial charge in [-0.25, -0.2) is 4.99 Å². The topological polar surface area (TPSA) is 56.7 Å². The van der Waals surface area contributed by atoms with Crippen molar-refractivity contribution >= 4 is 17.3 Å². The Morgan fingerprint density at radius 1 is 1.22 bits per heavy atom. The van der Waals surface area contributed by atoms with Gasteiger partial charge in [0.25, 0.3) is 0 Å². The summed E-state index contributed by atoms with van der Waals surface area (Å²) in [5.41, 5.74) is 3.33. The first-order valence-electron chi connectivity index (χ1n) is 7.96. The number of hydrogen-bond acceptors (Lipinski definition) is 3. The quantitative estimate of drug-likeness (QED) is 0.540. The number of thiophene rings is 1. The maximum Gasteiger partial charge on any atom is 0.191 e. The molecule has 0 fully saturated rings. The average Bonchev–Trinajstić information content (AvgIpc) is 3.12. The van der Waals surface area contributed by atoms with E-state index in [9.17, 15) is 5.11 Å². The van der Waals surface area contributed by atoms with Crippen molar-refractivity contribution in [1.29, 1.82) is 0 Å². The van der Waals surface area contributed by atoms with E-state index < -0.39 is 0 Å². The summed E-state index contributed by atoms with van der Waals surface area (Å²) in [6.45, 7) is 6.52. The average molecular weight is 331 g/mol. The van der Waals surface area contributed by atoms with Gasteiger partial charge in [0.1, 0.15) is 0 Å². The number of aliphatic imine (C=N–C) groups is 1. The van der Waals surface area contributed by atoms with Crippen molar-refractivity contribution in [2.75, 3.05) is 13.1 Å². The van der Waals surface area contributed by atoms with Gasteiger partial charge in [0, 0.05) is 13.1 Å². The number of hydrogen-bond donors (Lipinski definition) is 3. The molecule has 0 aliphatic heterocycles. The molecule has 0 spiro atoms. The van der Waals surface area contributed by atoms with Crippen molar-refractivity contribution in [1.82, 2.24) is 10.6 Å². The van der Waals surface area contributed by atoms with Crippen LogP contribution in [0.25, 0.3) is 0 Å². The second-order valence-corrected chi connectivity index (χ2v) is 6.24. The third-order valence-electron chi connectivity index (χ3n) is 3.73. The monoisotopic (exact) mass is 331 g/mol. The molecule has 2 rings (SSSR count). The lowest BCUT2D eigenvalue weighted by molar-refractivity contribution is 0.280. The number of nitrogens with one attached hydrogen (secondary N) is 2. The van der Waals surface area contributed by atoms with E-state index in [4.69, 9.17) is 0 Å². The number of benzene rings is 1. The van der Waals surface area contributed by atoms with E-state index in [1.807, 2.05) is 24.3 Å². The fourth-order valence-electron chi connectivity index (χ4n) is 2.29. The normalized spacial score (nSPS) is 12.9. The first kappa shape index (κ1) is 17.5. The molecule has 0 amide bonds. The second-order valence-electron chi connectivity index (χ2n) is 5.46. The number of nitrogens with zero attached hydrogens (tertiary/aromatic N) is 1. The molecule has 0 aliphatic rings. The molecule has 124 valence electrons. The second kappa shape index (κ2) is 9.33. The molecule has 0 saturated heterocycles. The van der Waals surface area contributed by atoms with Gasteiger partial charge in [0.15, 0.2) is 5.96 Å². The van der Waals surface area contributed by atoms with Gasteiger partial charge in [-0.1, -0.05) is 31.2 Å². The summed E-state index contributed by atoms with van der Waals surface area (Å²) in [5, 5.41) is 20.4. The lowest BCUT2D eigenvalue weighted by Gasteiger charge is -2.15. The van der Waals surface area contributed by atoms with Crippen molar-refractivity contribution in [3.63, 3.8) is 0 Å². The van der Waals surface area contributed by atoms with Gasteiger partial charge in [-0.3, -0.25) is 0 Å². The van der Waals surface area contributed by atoms with Crippen LogP contribution in [0.4, 0.5) is 0 Å². The molecule has 1 atom stereocenters. The van der Waals surface area contributed by atoms with Crippen molar-refractivity contribution in [2.45, 2.75) is 32.9 Å². The summed E-state index contributed by atoms with van der Waals surface area (Å²) in [6.07, 6.45) is 0. The highest BCUT2D eigenvalue weighted by molar-refractivity contribution is 7.07. The molecule has 0 saturated carbocycles. The molecule has 4 nitrogen and oxygen atoms in total. The third-order valence-corrected chi connectivity index (χ3v) is 4.43. The fraction of sp³-hybridized carbons (Fsp3) is 0.389. The van der Waals surface area contributed by atoms with Crippen LogP contribution in [0.2, 0.25) is 0 Å². The maximum atomic E-state index is 9.39. The zero-order valence-electron chi connectivity index (χ0n) is 13.7. The number of aliphatic hydroxyl groups excluding tert-OH is 1. The van der Waals surface area contributed by atoms with Crippen molar-refractivity contribution in [3.05, 3.63) is 57.8 Å². The summed E-state index contributed by atoms with van der Waals surface area (Å²) in [7, 11) is 0. The van der Waals surface area contributed by atoms with Gasteiger partial charge >= 0.3 is 0 Å². The Balaban J connectivity index is 1.97. The summed E-state index contributed by atoms with van der Waals surface area (Å²) in [6, 6.07) is 10.0. The highest BCUT2D eigenvalue weighted by Gasteiger charge is 2.07. The Morgan fingerprint density at radius 3 is 2.65 bits per heavy atom. The number of guanidine groups is 1. The van der Waals surface area contributed by atoms with Crippen LogP contribution in [0.3, 0.4) is 0 Å². The van der Waals surface area contributed by atoms with E-state index in [0.29, 0.717) is 12.5 Å². The van der Waals surface area contributed by atoms with Crippen molar-refractivity contribution < 1.29 is 5.11 Å². The standard InChI is InChI=1S/C18H25N3OS/c1-3-19-18(20-10-14(2)17-8-9-23-13-17)21-11-15-6-4-5-7-16(15)12-22/h4-9,13-14,22H,3,10-12H2,1-2H3,(H2,19,20,21). The minimum absolute atomic E-state index is 0.0465. The molecular formula is C18H25N3OS. The molecule has 2 aromatic rings. The molecule has 0 bridgehead atoms. The number of aliphatic hydroxyl groups is 1. The molecule has 0 aliphatic carbocycles. The lowest BCUT2D eigenvalue weighted by Crippen LogP contribution is -2.39. The maximum absolute atomic E-state index is 9.39. The number of rotatable bonds is 7. The van der Waals surface area contributed by atoms with Gasteiger partial charge in [-0.15, -0.1) is 0 Å². The minimum atomic E-state index is 0.0465. The predicted molar refractivity (Wildman–Crippen MR) is 97.9 cm³/mol. The third kappa shape index (κ3) is 5.37. The SMILES string of the molecule is CCNC(=NCc1ccccc1CO)NCC(C)c1ccsc1. The van der Waals surface area contributed by atoms with Crippen LogP contribution in [-0.2, 0) is 13.2 Å². The molecule has 1 aromatic carbocycles. The largest absolute Gasteiger partial charge is 0.392 e. The van der Waals surface area contributed by atoms with Gasteiger partial charge in [0.05, 0.1) is 13.2 Å². The van der Waals surface area contributed by atoms with Gasteiger partial charge in [-0.2, -0.15) is 11.3 Å². The van der Waals surface area contributed by atoms with Crippen LogP contribution in [-0.4, -0.2) is 24.2 Å². The highest BCUT2D eigenvalue weighted by Crippen LogP contribution is 2.17. The fourth-order valence-corrected chi connectivity index (χ4v) is 3.08. The van der Waals surface area contributed by atoms with Crippen LogP contribution in [0.5, 0.6) is 0 Å². The summed E-state index contributed by atoms with van der Waals surface area (Å²) < 4.78 is 0. The molecule has 3 N–H and O–H groups in total. The van der Waals surface area contributed by atoms with E-state index in [0.717, 1.165) is 30.2 Å². The van der Waals surface area contributed by atoms with E-state index in [1.54, 1.807) is 11.3 Å². The molecule has 1 heterocycles. The Morgan fingerprint density at radius 2 is 2.00 bits per heavy atom. The first-order chi connectivity index (χ1) is 11.2. The summed E-state index contributed by atoms with van der Waals surface area (Å²) in [4.78, 5) is 4.63. The smallest absolute Gasteiger partial charge is 0.191 e. The van der Waals surface area contributed by atoms with Crippen LogP contribution in [0, 0.1) is 0 Å². The summed E-state index contributed by atoms with van der Waals surface area (Å²) >= 11 is 1.73. The van der Waals surface area contributed by atoms with Crippen molar-refractivity contribution in [2.24, 2.45) is 4.99 Å². The van der Waals surface area contributed by atoms with E-state index in [-0.39, 0.29) is 6.61 Å². The van der Waals surface area contributed by atoms with Crippen LogP contribution in [0.1, 0.15) is 36.5 Å². The van der Waals surface area contributed by atoms with Crippen LogP contribution >= 0.6 is 11.3 Å². The van der Waals surface area contributed by atoms with Crippen molar-refractivity contribution in [3.8, 4) is 0 Å². The molecular weight excluding hydrogens is 306 g/mol. The van der Waals surface area contributed by atoms with Crippen LogP contribution < -0.4 is 10.6 Å². The molecule has 1 unspecified atom stereocenters. The van der Waals surface area contributed by atoms with Gasteiger partial charge in [0.2, 0.25) is 0 Å². The Bertz CT molecular complexity index is 610. The zero-order valence-corrected chi connectivity index (χ0v) is 14.6. The van der Waals surface area contributed by atoms with E-state index in [1.165, 1.54) is 5.56 Å². The van der Waals surface area contributed by atoms with E-state index in [2.05, 4.69) is 46.3 Å². The molecule has 23 heavy (non-hydrogen) atoms. The Labute approximate surface area is 142 Å². The molecule has 5 heteroatoms. The Hall–Kier alpha value is -1.85. The highest BCUT2D eigenvalue weighted by atomic mass is 32.1. The minimum Gasteiger partial charge on any atom is -0.392 e. The van der Waals surface area contributed by atoms with Crippen LogP contribution in [0.15, 0.2) is 46.1 Å². The lowest BCUT2D eigenvalue weighted by atomic mass is 10.1. The first-order valence-corrected chi connectivity index (χ1v) is 8.90. The Kier molecular flexibility index (Phi) is 7.10. The molecule has 0 radical (unpaired) electrons. The summed E-state index contributed by atoms with van der Waals surface area (Å²) in [5.74, 6) is 1.25. The zero-order chi connectivity index (χ0) is 16.5.